The van der Waals surface area contributed by atoms with Gasteiger partial charge in [-0.1, -0.05) is 6.07 Å². The maximum atomic E-state index is 12.4. The quantitative estimate of drug-likeness (QED) is 0.686. The van der Waals surface area contributed by atoms with E-state index in [1.807, 2.05) is 0 Å². The summed E-state index contributed by atoms with van der Waals surface area (Å²) in [4.78, 5) is 0. The van der Waals surface area contributed by atoms with Crippen molar-refractivity contribution in [3.63, 3.8) is 0 Å². The van der Waals surface area contributed by atoms with Crippen molar-refractivity contribution in [2.75, 3.05) is 0 Å². The van der Waals surface area contributed by atoms with Gasteiger partial charge in [-0.05, 0) is 34.7 Å². The first kappa shape index (κ1) is 6.80. The molecule has 0 fully saturated rings. The number of benzene rings is 1. The Morgan fingerprint density at radius 3 is 2.56 bits per heavy atom. The second-order valence-corrected chi connectivity index (χ2v) is 2.65. The summed E-state index contributed by atoms with van der Waals surface area (Å²) < 4.78 is 12.7. The van der Waals surface area contributed by atoms with Crippen molar-refractivity contribution in [3.8, 4) is 5.75 Å². The van der Waals surface area contributed by atoms with Gasteiger partial charge in [-0.25, -0.2) is 4.39 Å². The zero-order valence-electron chi connectivity index (χ0n) is 4.44. The van der Waals surface area contributed by atoms with Crippen LogP contribution in [0, 0.1) is 9.39 Å². The van der Waals surface area contributed by atoms with Crippen LogP contribution in [0.4, 0.5) is 4.39 Å². The van der Waals surface area contributed by atoms with E-state index in [0.29, 0.717) is 0 Å². The number of rotatable bonds is 0. The van der Waals surface area contributed by atoms with E-state index in [1.54, 1.807) is 22.6 Å². The van der Waals surface area contributed by atoms with Gasteiger partial charge in [-0.15, -0.1) is 0 Å². The highest BCUT2D eigenvalue weighted by Gasteiger charge is 2.00. The average molecular weight is 238 g/mol. The van der Waals surface area contributed by atoms with E-state index in [0.717, 1.165) is 0 Å². The molecule has 9 heavy (non-hydrogen) atoms. The van der Waals surface area contributed by atoms with Crippen LogP contribution in [-0.2, 0) is 0 Å². The lowest BCUT2D eigenvalue weighted by atomic mass is 10.3. The molecule has 1 N–H and O–H groups in total. The largest absolute Gasteiger partial charge is 0.507 e. The van der Waals surface area contributed by atoms with Gasteiger partial charge in [0.1, 0.15) is 11.6 Å². The van der Waals surface area contributed by atoms with Gasteiger partial charge in [0.15, 0.2) is 0 Å². The van der Waals surface area contributed by atoms with Crippen molar-refractivity contribution in [3.05, 3.63) is 27.6 Å². The summed E-state index contributed by atoms with van der Waals surface area (Å²) in [5.74, 6) is -0.383. The third-order valence-corrected chi connectivity index (χ3v) is 2.00. The van der Waals surface area contributed by atoms with Crippen LogP contribution in [0.5, 0.6) is 5.75 Å². The van der Waals surface area contributed by atoms with Crippen LogP contribution in [0.15, 0.2) is 18.2 Å². The summed E-state index contributed by atoms with van der Waals surface area (Å²) in [6.45, 7) is 0. The SMILES string of the molecule is Oc1cccc(F)c1I. The van der Waals surface area contributed by atoms with E-state index in [1.165, 1.54) is 18.2 Å². The van der Waals surface area contributed by atoms with Crippen molar-refractivity contribution < 1.29 is 9.50 Å². The Morgan fingerprint density at radius 1 is 1.44 bits per heavy atom. The molecule has 0 aliphatic heterocycles. The zero-order chi connectivity index (χ0) is 6.85. The fourth-order valence-corrected chi connectivity index (χ4v) is 0.852. The van der Waals surface area contributed by atoms with Crippen LogP contribution in [0.3, 0.4) is 0 Å². The Hall–Kier alpha value is -0.320. The number of phenolic OH excluding ortho intramolecular Hbond substituents is 1. The monoisotopic (exact) mass is 238 g/mol. The Balaban J connectivity index is 3.25. The molecular formula is C6H4FIO. The number of hydrogen-bond donors (Lipinski definition) is 1. The van der Waals surface area contributed by atoms with E-state index in [-0.39, 0.29) is 15.1 Å². The van der Waals surface area contributed by atoms with Crippen LogP contribution in [0.2, 0.25) is 0 Å². The molecule has 0 aliphatic carbocycles. The summed E-state index contributed by atoms with van der Waals surface area (Å²) in [5.41, 5.74) is 0. The van der Waals surface area contributed by atoms with E-state index in [4.69, 9.17) is 5.11 Å². The summed E-state index contributed by atoms with van der Waals surface area (Å²) >= 11 is 1.74. The zero-order valence-corrected chi connectivity index (χ0v) is 6.59. The lowest BCUT2D eigenvalue weighted by molar-refractivity contribution is 0.463. The van der Waals surface area contributed by atoms with E-state index in [9.17, 15) is 4.39 Å². The fraction of sp³-hybridized carbons (Fsp3) is 0. The van der Waals surface area contributed by atoms with Crippen LogP contribution < -0.4 is 0 Å². The second kappa shape index (κ2) is 2.51. The molecule has 0 aliphatic rings. The Labute approximate surface area is 65.7 Å². The minimum Gasteiger partial charge on any atom is -0.507 e. The standard InChI is InChI=1S/C6H4FIO/c7-4-2-1-3-5(9)6(4)8/h1-3,9H. The molecule has 0 atom stereocenters. The predicted molar refractivity (Wildman–Crippen MR) is 40.8 cm³/mol. The van der Waals surface area contributed by atoms with Crippen molar-refractivity contribution in [1.29, 1.82) is 0 Å². The number of halogens is 2. The Morgan fingerprint density at radius 2 is 2.11 bits per heavy atom. The molecule has 48 valence electrons. The maximum absolute atomic E-state index is 12.4. The third-order valence-electron chi connectivity index (χ3n) is 0.931. The highest BCUT2D eigenvalue weighted by molar-refractivity contribution is 14.1. The van der Waals surface area contributed by atoms with Gasteiger partial charge in [0.05, 0.1) is 3.57 Å². The molecule has 0 spiro atoms. The molecule has 1 aromatic rings. The highest BCUT2D eigenvalue weighted by atomic mass is 127. The minimum atomic E-state index is -0.379. The minimum absolute atomic E-state index is 0.00407. The lowest BCUT2D eigenvalue weighted by Crippen LogP contribution is -1.78. The normalized spacial score (nSPS) is 9.56. The average Bonchev–Trinajstić information content (AvgIpc) is 1.83. The van der Waals surface area contributed by atoms with Gasteiger partial charge in [0, 0.05) is 0 Å². The fourth-order valence-electron chi connectivity index (χ4n) is 0.492. The number of hydrogen-bond acceptors (Lipinski definition) is 1. The first-order valence-electron chi connectivity index (χ1n) is 2.35. The van der Waals surface area contributed by atoms with E-state index < -0.39 is 0 Å². The van der Waals surface area contributed by atoms with Crippen molar-refractivity contribution in [2.45, 2.75) is 0 Å². The Bertz CT molecular complexity index is 204. The van der Waals surface area contributed by atoms with Gasteiger partial charge >= 0.3 is 0 Å². The van der Waals surface area contributed by atoms with Gasteiger partial charge in [-0.2, -0.15) is 0 Å². The van der Waals surface area contributed by atoms with Crippen LogP contribution in [-0.4, -0.2) is 5.11 Å². The molecule has 0 bridgehead atoms. The molecule has 1 nitrogen and oxygen atoms in total. The van der Waals surface area contributed by atoms with Gasteiger partial charge in [0.2, 0.25) is 0 Å². The lowest BCUT2D eigenvalue weighted by Gasteiger charge is -1.94. The molecule has 0 aromatic heterocycles. The van der Waals surface area contributed by atoms with E-state index >= 15 is 0 Å². The van der Waals surface area contributed by atoms with Gasteiger partial charge < -0.3 is 5.11 Å². The first-order chi connectivity index (χ1) is 4.22. The first-order valence-corrected chi connectivity index (χ1v) is 3.42. The molecule has 0 saturated carbocycles. The van der Waals surface area contributed by atoms with E-state index in [2.05, 4.69) is 0 Å². The smallest absolute Gasteiger partial charge is 0.140 e. The molecule has 0 amide bonds. The van der Waals surface area contributed by atoms with Gasteiger partial charge in [-0.3, -0.25) is 0 Å². The molecule has 1 aromatic carbocycles. The molecule has 0 heterocycles. The van der Waals surface area contributed by atoms with Crippen LogP contribution >= 0.6 is 22.6 Å². The summed E-state index contributed by atoms with van der Waals surface area (Å²) in [7, 11) is 0. The number of aromatic hydroxyl groups is 1. The number of phenols is 1. The predicted octanol–water partition coefficient (Wildman–Crippen LogP) is 2.14. The highest BCUT2D eigenvalue weighted by Crippen LogP contribution is 2.20. The molecule has 3 heteroatoms. The topological polar surface area (TPSA) is 20.2 Å². The van der Waals surface area contributed by atoms with Crippen LogP contribution in [0.25, 0.3) is 0 Å². The molecule has 1 rings (SSSR count). The van der Waals surface area contributed by atoms with Crippen molar-refractivity contribution >= 4 is 22.6 Å². The Kier molecular flexibility index (Phi) is 1.90. The van der Waals surface area contributed by atoms with Gasteiger partial charge in [0.25, 0.3) is 0 Å². The van der Waals surface area contributed by atoms with Crippen LogP contribution in [0.1, 0.15) is 0 Å². The molecule has 0 radical (unpaired) electrons. The van der Waals surface area contributed by atoms with Crippen molar-refractivity contribution in [1.82, 2.24) is 0 Å². The van der Waals surface area contributed by atoms with Crippen molar-refractivity contribution in [2.24, 2.45) is 0 Å². The third kappa shape index (κ3) is 1.32. The molecule has 0 saturated heterocycles. The molecule has 0 unspecified atom stereocenters. The second-order valence-electron chi connectivity index (χ2n) is 1.57. The molecular weight excluding hydrogens is 234 g/mol. The maximum Gasteiger partial charge on any atom is 0.140 e. The summed E-state index contributed by atoms with van der Waals surface area (Å²) in [5, 5.41) is 8.85. The summed E-state index contributed by atoms with van der Waals surface area (Å²) in [6.07, 6.45) is 0. The summed E-state index contributed by atoms with van der Waals surface area (Å²) in [6, 6.07) is 4.22.